The van der Waals surface area contributed by atoms with Crippen LogP contribution in [0.5, 0.6) is 0 Å². The number of hydrogen-bond acceptors (Lipinski definition) is 7. The van der Waals surface area contributed by atoms with Gasteiger partial charge in [0.2, 0.25) is 5.95 Å². The monoisotopic (exact) mass is 570 g/mol. The number of rotatable bonds is 8. The van der Waals surface area contributed by atoms with Crippen LogP contribution in [0.1, 0.15) is 58.9 Å². The summed E-state index contributed by atoms with van der Waals surface area (Å²) in [6.45, 7) is 6.75. The summed E-state index contributed by atoms with van der Waals surface area (Å²) >= 11 is 0. The van der Waals surface area contributed by atoms with Gasteiger partial charge in [0.25, 0.3) is 0 Å². The second-order valence-corrected chi connectivity index (χ2v) is 11.4. The lowest BCUT2D eigenvalue weighted by Gasteiger charge is -2.39. The SMILES string of the molecule is Cc1nc(Nc2ccc(C(=O)O)cc2)ncc1CN1CCC(N2C(=O)N(C3CCOCC3)C[C@H]2c2ccccc2)CC1. The lowest BCUT2D eigenvalue weighted by molar-refractivity contribution is 0.0493. The van der Waals surface area contributed by atoms with Crippen LogP contribution in [0.25, 0.3) is 0 Å². The van der Waals surface area contributed by atoms with E-state index in [1.54, 1.807) is 24.3 Å². The number of piperidine rings is 1. The lowest BCUT2D eigenvalue weighted by Crippen LogP contribution is -2.48. The molecule has 0 radical (unpaired) electrons. The Bertz CT molecular complexity index is 1390. The normalized spacial score (nSPS) is 20.7. The summed E-state index contributed by atoms with van der Waals surface area (Å²) < 4.78 is 5.58. The molecule has 1 aromatic heterocycles. The van der Waals surface area contributed by atoms with Crippen molar-refractivity contribution in [1.29, 1.82) is 0 Å². The molecule has 4 heterocycles. The van der Waals surface area contributed by atoms with Crippen LogP contribution in [-0.2, 0) is 11.3 Å². The number of benzene rings is 2. The molecule has 2 aromatic carbocycles. The molecular weight excluding hydrogens is 532 g/mol. The fourth-order valence-electron chi connectivity index (χ4n) is 6.42. The van der Waals surface area contributed by atoms with Crippen LogP contribution < -0.4 is 5.32 Å². The van der Waals surface area contributed by atoms with Gasteiger partial charge in [0.05, 0.1) is 11.6 Å². The van der Waals surface area contributed by atoms with E-state index in [4.69, 9.17) is 9.84 Å². The first-order chi connectivity index (χ1) is 20.5. The molecular formula is C32H38N6O4. The second kappa shape index (κ2) is 12.5. The van der Waals surface area contributed by atoms with Crippen molar-refractivity contribution >= 4 is 23.6 Å². The van der Waals surface area contributed by atoms with E-state index in [9.17, 15) is 9.59 Å². The molecule has 1 atom stereocenters. The molecule has 3 saturated heterocycles. The molecule has 0 spiro atoms. The van der Waals surface area contributed by atoms with Crippen molar-refractivity contribution in [3.63, 3.8) is 0 Å². The Morgan fingerprint density at radius 3 is 2.38 bits per heavy atom. The maximum absolute atomic E-state index is 13.9. The minimum atomic E-state index is -0.956. The van der Waals surface area contributed by atoms with Crippen LogP contribution in [0.2, 0.25) is 0 Å². The van der Waals surface area contributed by atoms with Gasteiger partial charge in [-0.25, -0.2) is 19.6 Å². The minimum absolute atomic E-state index is 0.0779. The number of aryl methyl sites for hydroxylation is 1. The van der Waals surface area contributed by atoms with Crippen molar-refractivity contribution in [1.82, 2.24) is 24.7 Å². The number of urea groups is 1. The smallest absolute Gasteiger partial charge is 0.335 e. The van der Waals surface area contributed by atoms with E-state index < -0.39 is 5.97 Å². The van der Waals surface area contributed by atoms with Gasteiger partial charge in [-0.15, -0.1) is 0 Å². The van der Waals surface area contributed by atoms with Crippen molar-refractivity contribution in [2.24, 2.45) is 0 Å². The first-order valence-electron chi connectivity index (χ1n) is 14.8. The molecule has 3 fully saturated rings. The predicted molar refractivity (Wildman–Crippen MR) is 159 cm³/mol. The summed E-state index contributed by atoms with van der Waals surface area (Å²) in [7, 11) is 0. The maximum Gasteiger partial charge on any atom is 0.335 e. The van der Waals surface area contributed by atoms with Gasteiger partial charge in [-0.05, 0) is 62.4 Å². The van der Waals surface area contributed by atoms with Crippen LogP contribution >= 0.6 is 0 Å². The zero-order chi connectivity index (χ0) is 29.1. The number of amides is 2. The highest BCUT2D eigenvalue weighted by molar-refractivity contribution is 5.88. The fourth-order valence-corrected chi connectivity index (χ4v) is 6.42. The molecule has 10 nitrogen and oxygen atoms in total. The fraction of sp³-hybridized carbons (Fsp3) is 0.438. The third-order valence-corrected chi connectivity index (χ3v) is 8.80. The van der Waals surface area contributed by atoms with Gasteiger partial charge in [0.1, 0.15) is 0 Å². The summed E-state index contributed by atoms with van der Waals surface area (Å²) in [6, 6.07) is 17.7. The third-order valence-electron chi connectivity index (χ3n) is 8.80. The van der Waals surface area contributed by atoms with E-state index in [-0.39, 0.29) is 29.7 Å². The third kappa shape index (κ3) is 6.10. The molecule has 0 bridgehead atoms. The summed E-state index contributed by atoms with van der Waals surface area (Å²) in [5.74, 6) is -0.478. The van der Waals surface area contributed by atoms with Crippen molar-refractivity contribution in [3.05, 3.63) is 83.2 Å². The first-order valence-corrected chi connectivity index (χ1v) is 14.8. The van der Waals surface area contributed by atoms with E-state index in [2.05, 4.69) is 54.2 Å². The molecule has 2 N–H and O–H groups in total. The number of aromatic nitrogens is 2. The molecule has 3 aliphatic heterocycles. The molecule has 0 aliphatic carbocycles. The van der Waals surface area contributed by atoms with Crippen molar-refractivity contribution in [3.8, 4) is 0 Å². The van der Waals surface area contributed by atoms with Crippen molar-refractivity contribution in [2.45, 2.75) is 57.3 Å². The van der Waals surface area contributed by atoms with Gasteiger partial charge in [-0.3, -0.25) is 4.90 Å². The lowest BCUT2D eigenvalue weighted by atomic mass is 9.98. The first kappa shape index (κ1) is 28.1. The largest absolute Gasteiger partial charge is 0.478 e. The van der Waals surface area contributed by atoms with E-state index in [1.807, 2.05) is 19.2 Å². The van der Waals surface area contributed by atoms with E-state index >= 15 is 0 Å². The second-order valence-electron chi connectivity index (χ2n) is 11.4. The highest BCUT2D eigenvalue weighted by Crippen LogP contribution is 2.37. The highest BCUT2D eigenvalue weighted by atomic mass is 16.5. The topological polar surface area (TPSA) is 111 Å². The van der Waals surface area contributed by atoms with E-state index in [1.165, 1.54) is 5.56 Å². The number of nitrogens with one attached hydrogen (secondary N) is 1. The summed E-state index contributed by atoms with van der Waals surface area (Å²) in [5.41, 5.74) is 4.16. The molecule has 0 unspecified atom stereocenters. The number of ether oxygens (including phenoxy) is 1. The van der Waals surface area contributed by atoms with Crippen LogP contribution in [0, 0.1) is 6.92 Å². The van der Waals surface area contributed by atoms with Gasteiger partial charge in [-0.1, -0.05) is 30.3 Å². The molecule has 6 rings (SSSR count). The summed E-state index contributed by atoms with van der Waals surface area (Å²) in [4.78, 5) is 40.8. The predicted octanol–water partition coefficient (Wildman–Crippen LogP) is 4.85. The number of carboxylic acid groups (broad SMARTS) is 1. The number of nitrogens with zero attached hydrogens (tertiary/aromatic N) is 5. The Balaban J connectivity index is 1.08. The molecule has 3 aliphatic rings. The van der Waals surface area contributed by atoms with Crippen molar-refractivity contribution < 1.29 is 19.4 Å². The molecule has 42 heavy (non-hydrogen) atoms. The molecule has 3 aromatic rings. The zero-order valence-electron chi connectivity index (χ0n) is 24.0. The average Bonchev–Trinajstić information content (AvgIpc) is 3.37. The molecule has 2 amide bonds. The number of hydrogen-bond donors (Lipinski definition) is 2. The quantitative estimate of drug-likeness (QED) is 0.396. The van der Waals surface area contributed by atoms with Crippen molar-refractivity contribution in [2.75, 3.05) is 38.2 Å². The van der Waals surface area contributed by atoms with Gasteiger partial charge >= 0.3 is 12.0 Å². The number of carbonyl (C=O) groups excluding carboxylic acids is 1. The molecule has 10 heteroatoms. The van der Waals surface area contributed by atoms with Crippen LogP contribution in [0.4, 0.5) is 16.4 Å². The Morgan fingerprint density at radius 2 is 1.71 bits per heavy atom. The van der Waals surface area contributed by atoms with Crippen LogP contribution in [0.15, 0.2) is 60.8 Å². The Kier molecular flexibility index (Phi) is 8.34. The molecule has 0 saturated carbocycles. The van der Waals surface area contributed by atoms with Gasteiger partial charge < -0.3 is 25.0 Å². The Morgan fingerprint density at radius 1 is 1.00 bits per heavy atom. The van der Waals surface area contributed by atoms with E-state index in [0.717, 1.165) is 82.0 Å². The Hall–Kier alpha value is -4.02. The van der Waals surface area contributed by atoms with Gasteiger partial charge in [-0.2, -0.15) is 0 Å². The van der Waals surface area contributed by atoms with E-state index in [0.29, 0.717) is 5.95 Å². The average molecular weight is 571 g/mol. The number of carbonyl (C=O) groups is 2. The summed E-state index contributed by atoms with van der Waals surface area (Å²) in [6.07, 6.45) is 5.55. The number of aromatic carboxylic acids is 1. The summed E-state index contributed by atoms with van der Waals surface area (Å²) in [5, 5.41) is 12.2. The van der Waals surface area contributed by atoms with Gasteiger partial charge in [0, 0.05) is 74.6 Å². The van der Waals surface area contributed by atoms with Gasteiger partial charge in [0.15, 0.2) is 0 Å². The number of likely N-dealkylation sites (tertiary alicyclic amines) is 1. The van der Waals surface area contributed by atoms with Crippen LogP contribution in [-0.4, -0.2) is 86.7 Å². The standard InChI is InChI=1S/C32H38N6O4/c1-22-25(19-33-31(34-22)35-26-9-7-24(8-10-26)30(39)40)20-36-15-11-28(12-16-36)38-29(23-5-3-2-4-6-23)21-37(32(38)41)27-13-17-42-18-14-27/h2-10,19,27-29H,11-18,20-21H2,1H3,(H,39,40)(H,33,34,35)/t29-/m0/s1. The Labute approximate surface area is 246 Å². The molecule has 220 valence electrons. The zero-order valence-corrected chi connectivity index (χ0v) is 24.0. The number of anilines is 2. The highest BCUT2D eigenvalue weighted by Gasteiger charge is 2.45. The minimum Gasteiger partial charge on any atom is -0.478 e. The number of carboxylic acids is 1. The maximum atomic E-state index is 13.9. The van der Waals surface area contributed by atoms with Crippen LogP contribution in [0.3, 0.4) is 0 Å².